The summed E-state index contributed by atoms with van der Waals surface area (Å²) in [5.41, 5.74) is 5.06. The van der Waals surface area contributed by atoms with Crippen molar-refractivity contribution in [3.63, 3.8) is 0 Å². The van der Waals surface area contributed by atoms with E-state index in [0.29, 0.717) is 18.7 Å². The summed E-state index contributed by atoms with van der Waals surface area (Å²) in [5, 5.41) is 13.7. The first kappa shape index (κ1) is 29.5. The van der Waals surface area contributed by atoms with Crippen LogP contribution in [0.15, 0.2) is 41.7 Å². The highest BCUT2D eigenvalue weighted by Gasteiger charge is 2.43. The van der Waals surface area contributed by atoms with Gasteiger partial charge >= 0.3 is 0 Å². The van der Waals surface area contributed by atoms with Crippen LogP contribution in [0.1, 0.15) is 85.7 Å². The number of benzene rings is 1. The molecule has 1 saturated carbocycles. The maximum atomic E-state index is 13.5. The first-order chi connectivity index (χ1) is 20.1. The Morgan fingerprint density at radius 2 is 1.88 bits per heavy atom. The average molecular weight is 561 g/mol. The van der Waals surface area contributed by atoms with Crippen LogP contribution >= 0.6 is 0 Å². The van der Waals surface area contributed by atoms with Crippen LogP contribution in [0.5, 0.6) is 0 Å². The predicted molar refractivity (Wildman–Crippen MR) is 165 cm³/mol. The SMILES string of the molecule is COC1CC(CNC(=O)c2cc(CNC3=NCCN3)cc(-c3cnccc3C)c2)NCC12CCCCCCCCC2. The highest BCUT2D eigenvalue weighted by atomic mass is 16.5. The second-order valence-electron chi connectivity index (χ2n) is 12.2. The van der Waals surface area contributed by atoms with Crippen LogP contribution in [0.25, 0.3) is 11.1 Å². The molecule has 8 nitrogen and oxygen atoms in total. The van der Waals surface area contributed by atoms with E-state index in [1.807, 2.05) is 31.5 Å². The largest absolute Gasteiger partial charge is 0.381 e. The third-order valence-corrected chi connectivity index (χ3v) is 9.31. The molecule has 8 heteroatoms. The predicted octanol–water partition coefficient (Wildman–Crippen LogP) is 4.72. The topological polar surface area (TPSA) is 99.7 Å². The number of hydrogen-bond acceptors (Lipinski definition) is 7. The van der Waals surface area contributed by atoms with Gasteiger partial charge in [0.25, 0.3) is 5.91 Å². The standard InChI is InChI=1S/C33H48N6O2/c1-24-10-13-34-22-29(24)26-16-25(20-38-32-35-14-15-36-32)17-27(18-26)31(40)37-21-28-19-30(41-2)33(23-39-28)11-8-6-4-3-5-7-9-12-33/h10,13,16-18,22,28,30,39H,3-9,11-12,14-15,19-21,23H2,1-2H3,(H,37,40)(H2,35,36,38). The highest BCUT2D eigenvalue weighted by molar-refractivity contribution is 5.96. The van der Waals surface area contributed by atoms with Gasteiger partial charge in [-0.05, 0) is 67.1 Å². The molecular weight excluding hydrogens is 512 g/mol. The first-order valence-electron chi connectivity index (χ1n) is 15.7. The van der Waals surface area contributed by atoms with E-state index in [-0.39, 0.29) is 23.5 Å². The van der Waals surface area contributed by atoms with E-state index >= 15 is 0 Å². The summed E-state index contributed by atoms with van der Waals surface area (Å²) in [6.07, 6.45) is 16.6. The molecule has 2 unspecified atom stereocenters. The number of amides is 1. The molecule has 41 heavy (non-hydrogen) atoms. The number of piperidine rings is 1. The molecule has 3 aliphatic rings. The van der Waals surface area contributed by atoms with Crippen LogP contribution in [0.3, 0.4) is 0 Å². The van der Waals surface area contributed by atoms with Crippen molar-refractivity contribution in [3.05, 3.63) is 53.3 Å². The Morgan fingerprint density at radius 3 is 2.59 bits per heavy atom. The Morgan fingerprint density at radius 1 is 1.10 bits per heavy atom. The van der Waals surface area contributed by atoms with Gasteiger partial charge in [0.15, 0.2) is 5.96 Å². The normalized spacial score (nSPS) is 22.9. The summed E-state index contributed by atoms with van der Waals surface area (Å²) < 4.78 is 6.15. The minimum atomic E-state index is -0.0549. The van der Waals surface area contributed by atoms with Gasteiger partial charge in [-0.15, -0.1) is 0 Å². The van der Waals surface area contributed by atoms with Gasteiger partial charge in [-0.1, -0.05) is 44.9 Å². The van der Waals surface area contributed by atoms with E-state index in [2.05, 4.69) is 44.2 Å². The molecular formula is C33H48N6O2. The number of nitrogens with one attached hydrogen (secondary N) is 4. The van der Waals surface area contributed by atoms with Crippen molar-refractivity contribution >= 4 is 11.9 Å². The van der Waals surface area contributed by atoms with Gasteiger partial charge in [-0.25, -0.2) is 0 Å². The fourth-order valence-corrected chi connectivity index (χ4v) is 6.88. The smallest absolute Gasteiger partial charge is 0.251 e. The molecule has 2 aromatic rings. The van der Waals surface area contributed by atoms with E-state index in [1.165, 1.54) is 57.8 Å². The molecule has 1 spiro atoms. The molecule has 0 radical (unpaired) electrons. The van der Waals surface area contributed by atoms with Gasteiger partial charge < -0.3 is 26.0 Å². The fourth-order valence-electron chi connectivity index (χ4n) is 6.88. The number of rotatable bonds is 7. The lowest BCUT2D eigenvalue weighted by Gasteiger charge is -2.47. The molecule has 222 valence electrons. The zero-order valence-electron chi connectivity index (χ0n) is 24.9. The molecule has 4 N–H and O–H groups in total. The minimum Gasteiger partial charge on any atom is -0.381 e. The summed E-state index contributed by atoms with van der Waals surface area (Å²) in [6.45, 7) is 5.85. The van der Waals surface area contributed by atoms with E-state index in [9.17, 15) is 4.79 Å². The number of ether oxygens (including phenoxy) is 1. The Bertz CT molecular complexity index is 1190. The van der Waals surface area contributed by atoms with Crippen LogP contribution in [-0.4, -0.2) is 62.3 Å². The van der Waals surface area contributed by atoms with Gasteiger partial charge in [0.1, 0.15) is 0 Å². The molecule has 2 atom stereocenters. The number of carbonyl (C=O) groups is 1. The lowest BCUT2D eigenvalue weighted by Crippen LogP contribution is -2.57. The van der Waals surface area contributed by atoms with E-state index in [0.717, 1.165) is 54.3 Å². The number of aryl methyl sites for hydroxylation is 1. The maximum absolute atomic E-state index is 13.5. The van der Waals surface area contributed by atoms with Crippen molar-refractivity contribution in [3.8, 4) is 11.1 Å². The molecule has 1 aromatic carbocycles. The maximum Gasteiger partial charge on any atom is 0.251 e. The van der Waals surface area contributed by atoms with Gasteiger partial charge in [-0.3, -0.25) is 14.8 Å². The summed E-state index contributed by atoms with van der Waals surface area (Å²) in [4.78, 5) is 22.3. The van der Waals surface area contributed by atoms with E-state index in [1.54, 1.807) is 6.20 Å². The molecule has 2 fully saturated rings. The highest BCUT2D eigenvalue weighted by Crippen LogP contribution is 2.41. The second-order valence-corrected chi connectivity index (χ2v) is 12.2. The molecule has 1 saturated heterocycles. The van der Waals surface area contributed by atoms with Crippen molar-refractivity contribution in [1.82, 2.24) is 26.3 Å². The third-order valence-electron chi connectivity index (χ3n) is 9.31. The van der Waals surface area contributed by atoms with Crippen LogP contribution < -0.4 is 21.3 Å². The molecule has 3 heterocycles. The Kier molecular flexibility index (Phi) is 10.3. The van der Waals surface area contributed by atoms with Gasteiger partial charge in [0, 0.05) is 68.3 Å². The van der Waals surface area contributed by atoms with Gasteiger partial charge in [-0.2, -0.15) is 0 Å². The third kappa shape index (κ3) is 7.66. The van der Waals surface area contributed by atoms with Crippen molar-refractivity contribution in [2.75, 3.05) is 33.3 Å². The van der Waals surface area contributed by atoms with Crippen LogP contribution in [0, 0.1) is 12.3 Å². The van der Waals surface area contributed by atoms with Crippen molar-refractivity contribution < 1.29 is 9.53 Å². The lowest BCUT2D eigenvalue weighted by atomic mass is 9.69. The van der Waals surface area contributed by atoms with Crippen molar-refractivity contribution in [2.24, 2.45) is 10.4 Å². The molecule has 1 aliphatic carbocycles. The summed E-state index contributed by atoms with van der Waals surface area (Å²) in [6, 6.07) is 8.29. The van der Waals surface area contributed by atoms with Crippen LogP contribution in [0.4, 0.5) is 0 Å². The molecule has 1 aromatic heterocycles. The Hall–Kier alpha value is -2.97. The second kappa shape index (κ2) is 14.3. The zero-order valence-corrected chi connectivity index (χ0v) is 24.9. The monoisotopic (exact) mass is 560 g/mol. The molecule has 0 bridgehead atoms. The summed E-state index contributed by atoms with van der Waals surface area (Å²) in [5.74, 6) is 0.754. The number of methoxy groups -OCH3 is 1. The van der Waals surface area contributed by atoms with Crippen LogP contribution in [0.2, 0.25) is 0 Å². The van der Waals surface area contributed by atoms with Crippen LogP contribution in [-0.2, 0) is 11.3 Å². The molecule has 2 aliphatic heterocycles. The molecule has 1 amide bonds. The van der Waals surface area contributed by atoms with Gasteiger partial charge in [0.05, 0.1) is 12.6 Å². The number of hydrogen-bond donors (Lipinski definition) is 4. The number of aromatic nitrogens is 1. The number of aliphatic imine (C=N–C) groups is 1. The number of nitrogens with zero attached hydrogens (tertiary/aromatic N) is 2. The van der Waals surface area contributed by atoms with Crippen molar-refractivity contribution in [2.45, 2.75) is 89.8 Å². The quantitative estimate of drug-likeness (QED) is 0.391. The van der Waals surface area contributed by atoms with E-state index in [4.69, 9.17) is 4.74 Å². The lowest BCUT2D eigenvalue weighted by molar-refractivity contribution is -0.0576. The first-order valence-corrected chi connectivity index (χ1v) is 15.7. The fraction of sp³-hybridized carbons (Fsp3) is 0.606. The number of carbonyl (C=O) groups excluding carboxylic acids is 1. The van der Waals surface area contributed by atoms with Gasteiger partial charge in [0.2, 0.25) is 0 Å². The average Bonchev–Trinajstić information content (AvgIpc) is 3.53. The molecule has 5 rings (SSSR count). The zero-order chi connectivity index (χ0) is 28.5. The number of guanidine groups is 1. The number of pyridine rings is 1. The summed E-state index contributed by atoms with van der Waals surface area (Å²) >= 11 is 0. The van der Waals surface area contributed by atoms with Crippen molar-refractivity contribution in [1.29, 1.82) is 0 Å². The minimum absolute atomic E-state index is 0.0549. The summed E-state index contributed by atoms with van der Waals surface area (Å²) in [7, 11) is 1.88. The Labute approximate surface area is 245 Å². The Balaban J connectivity index is 1.25. The van der Waals surface area contributed by atoms with E-state index < -0.39 is 0 Å².